The van der Waals surface area contributed by atoms with Crippen molar-refractivity contribution in [2.75, 3.05) is 13.1 Å². The summed E-state index contributed by atoms with van der Waals surface area (Å²) in [6.07, 6.45) is 7.08. The van der Waals surface area contributed by atoms with E-state index in [9.17, 15) is 0 Å². The second-order valence-corrected chi connectivity index (χ2v) is 8.65. The molecular weight excluding hydrogens is 294 g/mol. The van der Waals surface area contributed by atoms with Crippen LogP contribution in [0.4, 0.5) is 0 Å². The number of aryl methyl sites for hydroxylation is 1. The molecule has 2 heterocycles. The molecular formula is C21H27N3. The van der Waals surface area contributed by atoms with E-state index in [4.69, 9.17) is 0 Å². The second-order valence-electron chi connectivity index (χ2n) is 8.65. The van der Waals surface area contributed by atoms with Crippen LogP contribution in [0, 0.1) is 18.8 Å². The van der Waals surface area contributed by atoms with E-state index in [0.717, 1.165) is 23.0 Å². The third-order valence-electron chi connectivity index (χ3n) is 7.26. The van der Waals surface area contributed by atoms with E-state index in [1.807, 2.05) is 0 Å². The highest BCUT2D eigenvalue weighted by Crippen LogP contribution is 2.50. The Morgan fingerprint density at radius 1 is 1.25 bits per heavy atom. The number of hydrogen-bond acceptors (Lipinski definition) is 3. The molecule has 2 bridgehead atoms. The van der Waals surface area contributed by atoms with Crippen molar-refractivity contribution in [1.82, 2.24) is 14.9 Å². The summed E-state index contributed by atoms with van der Waals surface area (Å²) < 4.78 is 0. The van der Waals surface area contributed by atoms with E-state index in [0.29, 0.717) is 11.5 Å². The summed E-state index contributed by atoms with van der Waals surface area (Å²) in [6, 6.07) is 5.48. The Balaban J connectivity index is 1.62. The van der Waals surface area contributed by atoms with Crippen LogP contribution in [-0.2, 0) is 11.8 Å². The fraction of sp³-hybridized carbons (Fsp3) is 0.619. The lowest BCUT2D eigenvalue weighted by molar-refractivity contribution is 0.0285. The van der Waals surface area contributed by atoms with Gasteiger partial charge in [-0.05, 0) is 79.7 Å². The number of aromatic nitrogens is 2. The highest BCUT2D eigenvalue weighted by Gasteiger charge is 2.49. The van der Waals surface area contributed by atoms with Crippen molar-refractivity contribution in [3.8, 4) is 0 Å². The maximum atomic E-state index is 4.54. The molecule has 0 radical (unpaired) electrons. The lowest BCUT2D eigenvalue weighted by Crippen LogP contribution is -2.58. The standard InChI is InChI=1S/C21H27N3/c1-13-20-9-16-8-19-17(14(2)22-12-23-19)10-18(16)21(13,3)6-7-24(20)11-15-4-5-15/h8,10,12-13,15,20H,4-7,9,11H2,1-3H3/t13-,20?,21-/m0/s1. The van der Waals surface area contributed by atoms with Gasteiger partial charge in [0.05, 0.1) is 5.52 Å². The highest BCUT2D eigenvalue weighted by atomic mass is 15.2. The molecule has 3 aliphatic rings. The summed E-state index contributed by atoms with van der Waals surface area (Å²) in [5.41, 5.74) is 5.63. The molecule has 0 spiro atoms. The third-order valence-corrected chi connectivity index (χ3v) is 7.26. The van der Waals surface area contributed by atoms with Crippen LogP contribution in [0.5, 0.6) is 0 Å². The Hall–Kier alpha value is -1.48. The molecule has 126 valence electrons. The molecule has 0 amide bonds. The quantitative estimate of drug-likeness (QED) is 0.841. The molecule has 2 aromatic rings. The molecule has 3 nitrogen and oxygen atoms in total. The molecule has 1 saturated carbocycles. The number of hydrogen-bond donors (Lipinski definition) is 0. The van der Waals surface area contributed by atoms with E-state index in [1.165, 1.54) is 49.7 Å². The van der Waals surface area contributed by atoms with Gasteiger partial charge in [0.1, 0.15) is 6.33 Å². The van der Waals surface area contributed by atoms with Gasteiger partial charge in [-0.1, -0.05) is 13.8 Å². The van der Waals surface area contributed by atoms with Crippen molar-refractivity contribution in [3.63, 3.8) is 0 Å². The van der Waals surface area contributed by atoms with Crippen LogP contribution in [0.1, 0.15) is 49.9 Å². The van der Waals surface area contributed by atoms with E-state index in [-0.39, 0.29) is 0 Å². The normalized spacial score (nSPS) is 32.8. The summed E-state index contributed by atoms with van der Waals surface area (Å²) in [6.45, 7) is 9.69. The number of piperidine rings is 1. The molecule has 1 aromatic carbocycles. The van der Waals surface area contributed by atoms with Crippen LogP contribution in [-0.4, -0.2) is 34.0 Å². The van der Waals surface area contributed by atoms with Gasteiger partial charge in [0.25, 0.3) is 0 Å². The molecule has 1 aliphatic heterocycles. The maximum absolute atomic E-state index is 4.54. The van der Waals surface area contributed by atoms with Crippen LogP contribution >= 0.6 is 0 Å². The second kappa shape index (κ2) is 5.01. The van der Waals surface area contributed by atoms with Crippen molar-refractivity contribution < 1.29 is 0 Å². The molecule has 1 unspecified atom stereocenters. The average Bonchev–Trinajstić information content (AvgIpc) is 3.37. The molecule has 2 aliphatic carbocycles. The Labute approximate surface area is 144 Å². The first-order valence-electron chi connectivity index (χ1n) is 9.55. The van der Waals surface area contributed by atoms with Gasteiger partial charge >= 0.3 is 0 Å². The summed E-state index contributed by atoms with van der Waals surface area (Å²) in [5, 5.41) is 1.24. The van der Waals surface area contributed by atoms with Gasteiger partial charge in [-0.2, -0.15) is 0 Å². The van der Waals surface area contributed by atoms with Gasteiger partial charge in [-0.3, -0.25) is 4.90 Å². The van der Waals surface area contributed by atoms with Gasteiger partial charge in [-0.25, -0.2) is 9.97 Å². The minimum absolute atomic E-state index is 0.300. The largest absolute Gasteiger partial charge is 0.299 e. The zero-order valence-corrected chi connectivity index (χ0v) is 15.0. The number of benzene rings is 1. The topological polar surface area (TPSA) is 29.0 Å². The predicted molar refractivity (Wildman–Crippen MR) is 97.2 cm³/mol. The predicted octanol–water partition coefficient (Wildman–Crippen LogP) is 3.87. The maximum Gasteiger partial charge on any atom is 0.116 e. The van der Waals surface area contributed by atoms with Gasteiger partial charge in [0.15, 0.2) is 0 Å². The molecule has 3 atom stereocenters. The summed E-state index contributed by atoms with van der Waals surface area (Å²) in [5.74, 6) is 1.70. The van der Waals surface area contributed by atoms with Crippen LogP contribution in [0.25, 0.3) is 10.9 Å². The minimum atomic E-state index is 0.300. The fourth-order valence-corrected chi connectivity index (χ4v) is 5.26. The van der Waals surface area contributed by atoms with Crippen LogP contribution in [0.3, 0.4) is 0 Å². The Kier molecular flexibility index (Phi) is 3.10. The van der Waals surface area contributed by atoms with Crippen LogP contribution in [0.15, 0.2) is 18.5 Å². The number of fused-ring (bicyclic) bond motifs is 5. The van der Waals surface area contributed by atoms with Crippen LogP contribution < -0.4 is 0 Å². The number of nitrogens with zero attached hydrogens (tertiary/aromatic N) is 3. The first-order chi connectivity index (χ1) is 11.6. The average molecular weight is 321 g/mol. The molecule has 3 heteroatoms. The van der Waals surface area contributed by atoms with Gasteiger partial charge in [0, 0.05) is 23.7 Å². The highest BCUT2D eigenvalue weighted by molar-refractivity contribution is 5.83. The van der Waals surface area contributed by atoms with E-state index >= 15 is 0 Å². The Bertz CT molecular complexity index is 810. The van der Waals surface area contributed by atoms with Gasteiger partial charge < -0.3 is 0 Å². The monoisotopic (exact) mass is 321 g/mol. The summed E-state index contributed by atoms with van der Waals surface area (Å²) in [7, 11) is 0. The van der Waals surface area contributed by atoms with Crippen molar-refractivity contribution in [2.45, 2.75) is 57.9 Å². The Morgan fingerprint density at radius 3 is 2.88 bits per heavy atom. The van der Waals surface area contributed by atoms with Crippen LogP contribution in [0.2, 0.25) is 0 Å². The number of rotatable bonds is 2. The van der Waals surface area contributed by atoms with E-state index < -0.39 is 0 Å². The molecule has 0 N–H and O–H groups in total. The summed E-state index contributed by atoms with van der Waals surface area (Å²) in [4.78, 5) is 11.8. The molecule has 1 saturated heterocycles. The fourth-order valence-electron chi connectivity index (χ4n) is 5.26. The Morgan fingerprint density at radius 2 is 2.08 bits per heavy atom. The van der Waals surface area contributed by atoms with Gasteiger partial charge in [0.2, 0.25) is 0 Å². The minimum Gasteiger partial charge on any atom is -0.299 e. The molecule has 1 aromatic heterocycles. The zero-order valence-electron chi connectivity index (χ0n) is 15.0. The smallest absolute Gasteiger partial charge is 0.116 e. The lowest BCUT2D eigenvalue weighted by Gasteiger charge is -2.55. The SMILES string of the molecule is Cc1ncnc2cc3c(cc12)[C@@]1(C)CCN(CC2CC2)C(C3)[C@@H]1C. The number of likely N-dealkylation sites (tertiary alicyclic amines) is 1. The van der Waals surface area contributed by atoms with Crippen molar-refractivity contribution in [1.29, 1.82) is 0 Å². The first kappa shape index (κ1) is 14.8. The molecule has 2 fully saturated rings. The lowest BCUT2D eigenvalue weighted by atomic mass is 9.59. The van der Waals surface area contributed by atoms with Crippen molar-refractivity contribution in [3.05, 3.63) is 35.3 Å². The van der Waals surface area contributed by atoms with Gasteiger partial charge in [-0.15, -0.1) is 0 Å². The van der Waals surface area contributed by atoms with Crippen molar-refractivity contribution in [2.24, 2.45) is 11.8 Å². The summed E-state index contributed by atoms with van der Waals surface area (Å²) >= 11 is 0. The third kappa shape index (κ3) is 2.07. The molecule has 24 heavy (non-hydrogen) atoms. The van der Waals surface area contributed by atoms with Crippen molar-refractivity contribution >= 4 is 10.9 Å². The first-order valence-corrected chi connectivity index (χ1v) is 9.55. The van der Waals surface area contributed by atoms with E-state index in [2.05, 4.69) is 47.8 Å². The molecule has 5 rings (SSSR count). The van der Waals surface area contributed by atoms with E-state index in [1.54, 1.807) is 11.9 Å². The zero-order chi connectivity index (χ0) is 16.5.